The fourth-order valence-electron chi connectivity index (χ4n) is 3.64. The second-order valence-electron chi connectivity index (χ2n) is 9.33. The predicted octanol–water partition coefficient (Wildman–Crippen LogP) is 4.28. The molecular weight excluding hydrogens is 344 g/mol. The summed E-state index contributed by atoms with van der Waals surface area (Å²) in [6.45, 7) is 10.7. The summed E-state index contributed by atoms with van der Waals surface area (Å²) < 4.78 is 16.9. The zero-order valence-electron chi connectivity index (χ0n) is 17.2. The number of ether oxygens (including phenoxy) is 3. The Morgan fingerprint density at radius 3 is 2.33 bits per heavy atom. The first-order valence-corrected chi connectivity index (χ1v) is 9.52. The quantitative estimate of drug-likeness (QED) is 0.634. The van der Waals surface area contributed by atoms with Crippen molar-refractivity contribution in [1.29, 1.82) is 0 Å². The molecule has 0 saturated carbocycles. The standard InChI is InChI=1S/C22H32O5/c1-20(2,3)14-21(4,5)19(24)26-16-22(12-11-18(23)27-22)15-25-13-17-9-7-6-8-10-17/h6-10H,11-16H2,1-5H3. The van der Waals surface area contributed by atoms with Crippen LogP contribution in [0.4, 0.5) is 0 Å². The second kappa shape index (κ2) is 8.42. The van der Waals surface area contributed by atoms with Gasteiger partial charge in [-0.3, -0.25) is 9.59 Å². The van der Waals surface area contributed by atoms with Crippen molar-refractivity contribution in [1.82, 2.24) is 0 Å². The van der Waals surface area contributed by atoms with Gasteiger partial charge in [0.15, 0.2) is 5.60 Å². The van der Waals surface area contributed by atoms with Gasteiger partial charge in [-0.05, 0) is 31.2 Å². The highest BCUT2D eigenvalue weighted by atomic mass is 16.6. The Hall–Kier alpha value is -1.88. The van der Waals surface area contributed by atoms with Crippen molar-refractivity contribution in [3.05, 3.63) is 35.9 Å². The van der Waals surface area contributed by atoms with Crippen LogP contribution in [0.3, 0.4) is 0 Å². The lowest BCUT2D eigenvalue weighted by Crippen LogP contribution is -2.42. The van der Waals surface area contributed by atoms with Crippen molar-refractivity contribution >= 4 is 11.9 Å². The number of hydrogen-bond donors (Lipinski definition) is 0. The van der Waals surface area contributed by atoms with Crippen molar-refractivity contribution < 1.29 is 23.8 Å². The Kier molecular flexibility index (Phi) is 6.68. The van der Waals surface area contributed by atoms with E-state index in [2.05, 4.69) is 20.8 Å². The Balaban J connectivity index is 1.93. The van der Waals surface area contributed by atoms with Crippen molar-refractivity contribution in [2.45, 2.75) is 66.1 Å². The lowest BCUT2D eigenvalue weighted by molar-refractivity contribution is -0.175. The predicted molar refractivity (Wildman–Crippen MR) is 103 cm³/mol. The molecule has 0 aliphatic carbocycles. The van der Waals surface area contributed by atoms with Gasteiger partial charge in [0.05, 0.1) is 18.6 Å². The molecule has 5 nitrogen and oxygen atoms in total. The molecule has 1 saturated heterocycles. The number of esters is 2. The molecule has 1 aromatic carbocycles. The molecule has 0 spiro atoms. The monoisotopic (exact) mass is 376 g/mol. The van der Waals surface area contributed by atoms with Gasteiger partial charge in [0, 0.05) is 12.8 Å². The first kappa shape index (κ1) is 21.4. The Bertz CT molecular complexity index is 644. The van der Waals surface area contributed by atoms with Crippen molar-refractivity contribution in [2.75, 3.05) is 13.2 Å². The van der Waals surface area contributed by atoms with Gasteiger partial charge < -0.3 is 14.2 Å². The van der Waals surface area contributed by atoms with Gasteiger partial charge in [0.1, 0.15) is 6.61 Å². The van der Waals surface area contributed by atoms with Crippen LogP contribution in [0.5, 0.6) is 0 Å². The summed E-state index contributed by atoms with van der Waals surface area (Å²) in [4.78, 5) is 24.3. The van der Waals surface area contributed by atoms with E-state index in [1.165, 1.54) is 0 Å². The third-order valence-electron chi connectivity index (χ3n) is 4.58. The number of carbonyl (C=O) groups is 2. The molecular formula is C22H32O5. The summed E-state index contributed by atoms with van der Waals surface area (Å²) in [5, 5.41) is 0. The van der Waals surface area contributed by atoms with Crippen LogP contribution < -0.4 is 0 Å². The van der Waals surface area contributed by atoms with Crippen molar-refractivity contribution in [3.8, 4) is 0 Å². The van der Waals surface area contributed by atoms with Crippen LogP contribution in [0.15, 0.2) is 30.3 Å². The van der Waals surface area contributed by atoms with E-state index in [0.717, 1.165) is 5.56 Å². The fraction of sp³-hybridized carbons (Fsp3) is 0.636. The molecule has 1 aromatic rings. The van der Waals surface area contributed by atoms with Crippen LogP contribution in [0.25, 0.3) is 0 Å². The van der Waals surface area contributed by atoms with E-state index in [4.69, 9.17) is 14.2 Å². The average molecular weight is 376 g/mol. The van der Waals surface area contributed by atoms with Gasteiger partial charge in [-0.1, -0.05) is 51.1 Å². The lowest BCUT2D eigenvalue weighted by atomic mass is 9.76. The fourth-order valence-corrected chi connectivity index (χ4v) is 3.64. The molecule has 0 aromatic heterocycles. The highest BCUT2D eigenvalue weighted by Crippen LogP contribution is 2.35. The molecule has 0 N–H and O–H groups in total. The number of carbonyl (C=O) groups excluding carboxylic acids is 2. The molecule has 0 bridgehead atoms. The molecule has 2 rings (SSSR count). The minimum absolute atomic E-state index is 0.0127. The molecule has 27 heavy (non-hydrogen) atoms. The van der Waals surface area contributed by atoms with E-state index >= 15 is 0 Å². The number of cyclic esters (lactones) is 1. The van der Waals surface area contributed by atoms with Gasteiger partial charge in [-0.25, -0.2) is 0 Å². The van der Waals surface area contributed by atoms with E-state index in [-0.39, 0.29) is 30.6 Å². The first-order chi connectivity index (χ1) is 12.5. The first-order valence-electron chi connectivity index (χ1n) is 9.52. The molecule has 0 amide bonds. The molecule has 150 valence electrons. The van der Waals surface area contributed by atoms with Gasteiger partial charge >= 0.3 is 11.9 Å². The van der Waals surface area contributed by atoms with Crippen molar-refractivity contribution in [2.24, 2.45) is 10.8 Å². The topological polar surface area (TPSA) is 61.8 Å². The summed E-state index contributed by atoms with van der Waals surface area (Å²) >= 11 is 0. The largest absolute Gasteiger partial charge is 0.461 e. The smallest absolute Gasteiger partial charge is 0.311 e. The summed E-state index contributed by atoms with van der Waals surface area (Å²) in [6, 6.07) is 9.79. The van der Waals surface area contributed by atoms with Crippen LogP contribution in [-0.4, -0.2) is 30.8 Å². The van der Waals surface area contributed by atoms with E-state index in [1.807, 2.05) is 44.2 Å². The lowest BCUT2D eigenvalue weighted by Gasteiger charge is -2.32. The van der Waals surface area contributed by atoms with Crippen LogP contribution in [0, 0.1) is 10.8 Å². The Morgan fingerprint density at radius 2 is 1.78 bits per heavy atom. The summed E-state index contributed by atoms with van der Waals surface area (Å²) in [7, 11) is 0. The van der Waals surface area contributed by atoms with Gasteiger partial charge in [-0.2, -0.15) is 0 Å². The molecule has 5 heteroatoms. The van der Waals surface area contributed by atoms with E-state index < -0.39 is 11.0 Å². The molecule has 1 unspecified atom stereocenters. The average Bonchev–Trinajstić information content (AvgIpc) is 2.93. The molecule has 0 radical (unpaired) electrons. The Labute approximate surface area is 162 Å². The van der Waals surface area contributed by atoms with E-state index in [1.54, 1.807) is 0 Å². The molecule has 1 heterocycles. The number of hydrogen-bond acceptors (Lipinski definition) is 5. The van der Waals surface area contributed by atoms with E-state index in [9.17, 15) is 9.59 Å². The summed E-state index contributed by atoms with van der Waals surface area (Å²) in [5.74, 6) is -0.550. The van der Waals surface area contributed by atoms with Crippen molar-refractivity contribution in [3.63, 3.8) is 0 Å². The van der Waals surface area contributed by atoms with Crippen LogP contribution in [-0.2, 0) is 30.4 Å². The maximum Gasteiger partial charge on any atom is 0.311 e. The normalized spacial score (nSPS) is 20.4. The maximum absolute atomic E-state index is 12.6. The highest BCUT2D eigenvalue weighted by Gasteiger charge is 2.43. The zero-order valence-corrected chi connectivity index (χ0v) is 17.2. The molecule has 1 atom stereocenters. The molecule has 1 fully saturated rings. The van der Waals surface area contributed by atoms with Crippen LogP contribution in [0.1, 0.15) is 59.4 Å². The third kappa shape index (κ3) is 6.65. The number of benzene rings is 1. The second-order valence-corrected chi connectivity index (χ2v) is 9.33. The van der Waals surface area contributed by atoms with Gasteiger partial charge in [0.25, 0.3) is 0 Å². The number of rotatable bonds is 8. The highest BCUT2D eigenvalue weighted by molar-refractivity contribution is 5.76. The molecule has 1 aliphatic rings. The minimum atomic E-state index is -0.890. The molecule has 1 aliphatic heterocycles. The maximum atomic E-state index is 12.6. The van der Waals surface area contributed by atoms with Crippen LogP contribution >= 0.6 is 0 Å². The third-order valence-corrected chi connectivity index (χ3v) is 4.58. The van der Waals surface area contributed by atoms with Gasteiger partial charge in [0.2, 0.25) is 0 Å². The van der Waals surface area contributed by atoms with Crippen LogP contribution in [0.2, 0.25) is 0 Å². The van der Waals surface area contributed by atoms with Gasteiger partial charge in [-0.15, -0.1) is 0 Å². The van der Waals surface area contributed by atoms with E-state index in [0.29, 0.717) is 25.9 Å². The zero-order chi connectivity index (χ0) is 20.1. The minimum Gasteiger partial charge on any atom is -0.461 e. The summed E-state index contributed by atoms with van der Waals surface area (Å²) in [6.07, 6.45) is 1.52. The Morgan fingerprint density at radius 1 is 1.11 bits per heavy atom. The summed E-state index contributed by atoms with van der Waals surface area (Å²) in [5.41, 5.74) is -0.439. The SMILES string of the molecule is CC(C)(C)CC(C)(C)C(=O)OCC1(COCc2ccccc2)CCC(=O)O1.